The van der Waals surface area contributed by atoms with Crippen molar-refractivity contribution in [1.82, 2.24) is 10.3 Å². The van der Waals surface area contributed by atoms with Crippen LogP contribution in [-0.2, 0) is 22.5 Å². The molecule has 5 heteroatoms. The van der Waals surface area contributed by atoms with E-state index in [1.807, 2.05) is 18.2 Å². The van der Waals surface area contributed by atoms with Gasteiger partial charge in [0.2, 0.25) is 5.91 Å². The number of carbonyl (C=O) groups is 1. The third kappa shape index (κ3) is 4.74. The normalized spacial score (nSPS) is 15.5. The van der Waals surface area contributed by atoms with Crippen LogP contribution in [0.5, 0.6) is 0 Å². The van der Waals surface area contributed by atoms with Gasteiger partial charge in [-0.25, -0.2) is 4.39 Å². The van der Waals surface area contributed by atoms with Gasteiger partial charge in [0.25, 0.3) is 0 Å². The Morgan fingerprint density at radius 1 is 0.967 bits per heavy atom. The molecule has 2 heterocycles. The zero-order valence-electron chi connectivity index (χ0n) is 16.8. The van der Waals surface area contributed by atoms with Crippen molar-refractivity contribution < 1.29 is 13.9 Å². The topological polar surface area (TPSA) is 51.2 Å². The van der Waals surface area contributed by atoms with E-state index in [1.54, 1.807) is 24.5 Å². The van der Waals surface area contributed by atoms with Gasteiger partial charge in [-0.3, -0.25) is 9.78 Å². The molecule has 4 rings (SSSR count). The first-order valence-electron chi connectivity index (χ1n) is 10.2. The molecule has 154 valence electrons. The summed E-state index contributed by atoms with van der Waals surface area (Å²) in [4.78, 5) is 17.4. The molecular formula is C25H25FN2O2. The number of benzene rings is 2. The van der Waals surface area contributed by atoms with Gasteiger partial charge in [-0.15, -0.1) is 0 Å². The van der Waals surface area contributed by atoms with Gasteiger partial charge < -0.3 is 10.1 Å². The number of hydrogen-bond acceptors (Lipinski definition) is 3. The predicted octanol–water partition coefficient (Wildman–Crippen LogP) is 4.54. The number of pyridine rings is 1. The zero-order valence-corrected chi connectivity index (χ0v) is 16.8. The van der Waals surface area contributed by atoms with E-state index in [0.29, 0.717) is 39.0 Å². The van der Waals surface area contributed by atoms with Crippen molar-refractivity contribution in [2.45, 2.75) is 25.8 Å². The molecule has 0 bridgehead atoms. The fourth-order valence-corrected chi connectivity index (χ4v) is 4.01. The summed E-state index contributed by atoms with van der Waals surface area (Å²) >= 11 is 0. The molecular weight excluding hydrogens is 379 g/mol. The number of nitrogens with zero attached hydrogens (tertiary/aromatic N) is 1. The Bertz CT molecular complexity index is 984. The molecule has 1 aliphatic rings. The molecule has 30 heavy (non-hydrogen) atoms. The molecule has 1 N–H and O–H groups in total. The lowest BCUT2D eigenvalue weighted by Gasteiger charge is -2.36. The maximum atomic E-state index is 13.3. The van der Waals surface area contributed by atoms with Gasteiger partial charge >= 0.3 is 0 Å². The Kier molecular flexibility index (Phi) is 6.19. The first-order valence-corrected chi connectivity index (χ1v) is 10.2. The minimum Gasteiger partial charge on any atom is -0.381 e. The molecule has 0 radical (unpaired) electrons. The maximum absolute atomic E-state index is 13.3. The van der Waals surface area contributed by atoms with Gasteiger partial charge in [-0.2, -0.15) is 0 Å². The number of ether oxygens (including phenoxy) is 1. The van der Waals surface area contributed by atoms with Gasteiger partial charge in [0, 0.05) is 32.2 Å². The van der Waals surface area contributed by atoms with Crippen molar-refractivity contribution in [3.8, 4) is 11.1 Å². The van der Waals surface area contributed by atoms with Crippen molar-refractivity contribution in [1.29, 1.82) is 0 Å². The van der Waals surface area contributed by atoms with Gasteiger partial charge in [-0.1, -0.05) is 36.4 Å². The van der Waals surface area contributed by atoms with Crippen molar-refractivity contribution in [2.24, 2.45) is 5.41 Å². The average molecular weight is 404 g/mol. The lowest BCUT2D eigenvalue weighted by Crippen LogP contribution is -2.45. The molecule has 0 atom stereocenters. The maximum Gasteiger partial charge on any atom is 0.226 e. The highest BCUT2D eigenvalue weighted by atomic mass is 19.1. The van der Waals surface area contributed by atoms with Gasteiger partial charge in [-0.05, 0) is 65.8 Å². The van der Waals surface area contributed by atoms with E-state index in [-0.39, 0.29) is 11.7 Å². The monoisotopic (exact) mass is 404 g/mol. The summed E-state index contributed by atoms with van der Waals surface area (Å²) in [6.07, 6.45) is 5.59. The van der Waals surface area contributed by atoms with Crippen molar-refractivity contribution in [2.75, 3.05) is 13.2 Å². The largest absolute Gasteiger partial charge is 0.381 e. The Hall–Kier alpha value is -3.05. The molecule has 1 aromatic heterocycles. The SMILES string of the molecule is O=C(NCc1ccc(F)cc1)C1(Cc2cccc(-c3ccncc3)c2)CCOCC1. The highest BCUT2D eigenvalue weighted by Crippen LogP contribution is 2.35. The van der Waals surface area contributed by atoms with Crippen LogP contribution in [-0.4, -0.2) is 24.1 Å². The van der Waals surface area contributed by atoms with Crippen LogP contribution in [0.3, 0.4) is 0 Å². The Morgan fingerprint density at radius 2 is 1.70 bits per heavy atom. The van der Waals surface area contributed by atoms with Crippen LogP contribution in [0.15, 0.2) is 73.1 Å². The predicted molar refractivity (Wildman–Crippen MR) is 114 cm³/mol. The summed E-state index contributed by atoms with van der Waals surface area (Å²) in [6.45, 7) is 1.54. The van der Waals surface area contributed by atoms with Gasteiger partial charge in [0.05, 0.1) is 5.41 Å². The second-order valence-electron chi connectivity index (χ2n) is 7.81. The highest BCUT2D eigenvalue weighted by molar-refractivity contribution is 5.83. The van der Waals surface area contributed by atoms with E-state index in [1.165, 1.54) is 12.1 Å². The fourth-order valence-electron chi connectivity index (χ4n) is 4.01. The number of hydrogen-bond donors (Lipinski definition) is 1. The van der Waals surface area contributed by atoms with Crippen LogP contribution in [0.1, 0.15) is 24.0 Å². The van der Waals surface area contributed by atoms with Crippen molar-refractivity contribution in [3.05, 3.63) is 90.0 Å². The second kappa shape index (κ2) is 9.18. The lowest BCUT2D eigenvalue weighted by molar-refractivity contribution is -0.136. The smallest absolute Gasteiger partial charge is 0.226 e. The van der Waals surface area contributed by atoms with E-state index in [9.17, 15) is 9.18 Å². The molecule has 0 unspecified atom stereocenters. The van der Waals surface area contributed by atoms with E-state index in [2.05, 4.69) is 28.5 Å². The number of halogens is 1. The number of carbonyl (C=O) groups excluding carboxylic acids is 1. The van der Waals surface area contributed by atoms with E-state index < -0.39 is 5.41 Å². The van der Waals surface area contributed by atoms with E-state index >= 15 is 0 Å². The number of rotatable bonds is 6. The average Bonchev–Trinajstić information content (AvgIpc) is 2.80. The standard InChI is InChI=1S/C25H25FN2O2/c26-23-6-4-19(5-7-23)18-28-24(29)25(10-14-30-15-11-25)17-20-2-1-3-22(16-20)21-8-12-27-13-9-21/h1-9,12-13,16H,10-11,14-15,17-18H2,(H,28,29). The minimum atomic E-state index is -0.505. The lowest BCUT2D eigenvalue weighted by atomic mass is 9.74. The first-order chi connectivity index (χ1) is 14.6. The molecule has 0 saturated carbocycles. The summed E-state index contributed by atoms with van der Waals surface area (Å²) < 4.78 is 18.7. The van der Waals surface area contributed by atoms with Crippen LogP contribution < -0.4 is 5.32 Å². The number of amides is 1. The van der Waals surface area contributed by atoms with Crippen molar-refractivity contribution in [3.63, 3.8) is 0 Å². The van der Waals surface area contributed by atoms with Crippen LogP contribution >= 0.6 is 0 Å². The zero-order chi connectivity index (χ0) is 20.8. The third-order valence-electron chi connectivity index (χ3n) is 5.78. The molecule has 0 aliphatic carbocycles. The number of nitrogens with one attached hydrogen (secondary N) is 1. The summed E-state index contributed by atoms with van der Waals surface area (Å²) in [5, 5.41) is 3.07. The summed E-state index contributed by atoms with van der Waals surface area (Å²) in [7, 11) is 0. The molecule has 1 fully saturated rings. The molecule has 1 aliphatic heterocycles. The third-order valence-corrected chi connectivity index (χ3v) is 5.78. The fraction of sp³-hybridized carbons (Fsp3) is 0.280. The van der Waals surface area contributed by atoms with Gasteiger partial charge in [0.1, 0.15) is 5.82 Å². The highest BCUT2D eigenvalue weighted by Gasteiger charge is 2.40. The first kappa shape index (κ1) is 20.2. The van der Waals surface area contributed by atoms with E-state index in [4.69, 9.17) is 4.74 Å². The quantitative estimate of drug-likeness (QED) is 0.656. The molecule has 1 amide bonds. The Balaban J connectivity index is 1.52. The van der Waals surface area contributed by atoms with Crippen LogP contribution in [0.2, 0.25) is 0 Å². The minimum absolute atomic E-state index is 0.0319. The van der Waals surface area contributed by atoms with Crippen LogP contribution in [0.4, 0.5) is 4.39 Å². The van der Waals surface area contributed by atoms with Crippen LogP contribution in [0.25, 0.3) is 11.1 Å². The van der Waals surface area contributed by atoms with Crippen molar-refractivity contribution >= 4 is 5.91 Å². The number of aromatic nitrogens is 1. The van der Waals surface area contributed by atoms with E-state index in [0.717, 1.165) is 22.3 Å². The van der Waals surface area contributed by atoms with Gasteiger partial charge in [0.15, 0.2) is 0 Å². The summed E-state index contributed by atoms with van der Waals surface area (Å²) in [5.41, 5.74) is 3.72. The molecule has 3 aromatic rings. The molecule has 1 saturated heterocycles. The molecule has 4 nitrogen and oxygen atoms in total. The molecule has 2 aromatic carbocycles. The Labute approximate surface area is 176 Å². The van der Waals surface area contributed by atoms with Crippen LogP contribution in [0, 0.1) is 11.2 Å². The molecule has 0 spiro atoms. The summed E-state index contributed by atoms with van der Waals surface area (Å²) in [6, 6.07) is 18.5. The second-order valence-corrected chi connectivity index (χ2v) is 7.81. The Morgan fingerprint density at radius 3 is 2.43 bits per heavy atom. The summed E-state index contributed by atoms with van der Waals surface area (Å²) in [5.74, 6) is -0.246.